The maximum absolute atomic E-state index is 13.1. The Kier molecular flexibility index (Phi) is 7.20. The van der Waals surface area contributed by atoms with Crippen molar-refractivity contribution in [2.24, 2.45) is 0 Å². The van der Waals surface area contributed by atoms with Gasteiger partial charge in [0.05, 0.1) is 19.3 Å². The van der Waals surface area contributed by atoms with Crippen molar-refractivity contribution in [3.05, 3.63) is 56.7 Å². The lowest BCUT2D eigenvalue weighted by Crippen LogP contribution is -2.49. The summed E-state index contributed by atoms with van der Waals surface area (Å²) in [6, 6.07) is 11.2. The number of morpholine rings is 1. The second kappa shape index (κ2) is 10.0. The summed E-state index contributed by atoms with van der Waals surface area (Å²) in [6.45, 7) is 4.30. The molecule has 0 bridgehead atoms. The van der Waals surface area contributed by atoms with Crippen LogP contribution in [-0.2, 0) is 9.53 Å². The van der Waals surface area contributed by atoms with Crippen LogP contribution in [-0.4, -0.2) is 67.0 Å². The molecule has 1 aromatic carbocycles. The number of nitrogens with zero attached hydrogens (tertiary/aromatic N) is 2. The number of rotatable bonds is 6. The molecule has 2 saturated heterocycles. The molecule has 0 saturated carbocycles. The Hall–Kier alpha value is -1.74. The van der Waals surface area contributed by atoms with Crippen molar-refractivity contribution < 1.29 is 14.3 Å². The highest BCUT2D eigenvalue weighted by molar-refractivity contribution is 9.10. The van der Waals surface area contributed by atoms with E-state index in [1.807, 2.05) is 18.2 Å². The van der Waals surface area contributed by atoms with E-state index in [2.05, 4.69) is 37.6 Å². The largest absolute Gasteiger partial charge is 0.379 e. The molecule has 8 heteroatoms. The molecule has 0 aliphatic carbocycles. The molecule has 2 aliphatic rings. The minimum absolute atomic E-state index is 0.0622. The summed E-state index contributed by atoms with van der Waals surface area (Å²) in [7, 11) is 0. The molecule has 2 fully saturated rings. The van der Waals surface area contributed by atoms with E-state index in [0.29, 0.717) is 38.3 Å². The predicted molar refractivity (Wildman–Crippen MR) is 121 cm³/mol. The van der Waals surface area contributed by atoms with Crippen molar-refractivity contribution >= 4 is 39.1 Å². The minimum atomic E-state index is -0.408. The van der Waals surface area contributed by atoms with Crippen LogP contribution in [0.2, 0.25) is 0 Å². The lowest BCUT2D eigenvalue weighted by atomic mass is 10.1. The molecule has 6 nitrogen and oxygen atoms in total. The number of carbonyl (C=O) groups is 2. The van der Waals surface area contributed by atoms with E-state index < -0.39 is 6.04 Å². The van der Waals surface area contributed by atoms with E-state index in [1.165, 1.54) is 4.88 Å². The van der Waals surface area contributed by atoms with Crippen LogP contribution >= 0.6 is 27.3 Å². The van der Waals surface area contributed by atoms with Gasteiger partial charge in [0.25, 0.3) is 5.91 Å². The highest BCUT2D eigenvalue weighted by Gasteiger charge is 2.35. The van der Waals surface area contributed by atoms with Crippen LogP contribution in [0, 0.1) is 0 Å². The molecule has 2 unspecified atom stereocenters. The zero-order valence-electron chi connectivity index (χ0n) is 16.8. The van der Waals surface area contributed by atoms with Gasteiger partial charge in [-0.1, -0.05) is 22.0 Å². The third kappa shape index (κ3) is 4.94. The van der Waals surface area contributed by atoms with Crippen LogP contribution in [0.1, 0.15) is 34.1 Å². The predicted octanol–water partition coefficient (Wildman–Crippen LogP) is 3.30. The van der Waals surface area contributed by atoms with Crippen molar-refractivity contribution in [2.75, 3.05) is 39.4 Å². The van der Waals surface area contributed by atoms with Crippen molar-refractivity contribution in [3.63, 3.8) is 0 Å². The van der Waals surface area contributed by atoms with Gasteiger partial charge in [0.1, 0.15) is 6.04 Å². The number of halogens is 1. The molecule has 0 radical (unpaired) electrons. The summed E-state index contributed by atoms with van der Waals surface area (Å²) in [6.07, 6.45) is 1.55. The maximum Gasteiger partial charge on any atom is 0.254 e. The maximum atomic E-state index is 13.1. The Labute approximate surface area is 189 Å². The third-order valence-electron chi connectivity index (χ3n) is 5.74. The summed E-state index contributed by atoms with van der Waals surface area (Å²) in [5, 5.41) is 5.21. The van der Waals surface area contributed by atoms with Crippen LogP contribution in [0.3, 0.4) is 0 Å². The second-order valence-electron chi connectivity index (χ2n) is 7.59. The SMILES string of the molecule is O=C(NCC(c1cccs1)N1CCOCC1)C1CCCN1C(=O)c1ccc(Br)cc1. The summed E-state index contributed by atoms with van der Waals surface area (Å²) in [4.78, 5) is 31.3. The zero-order chi connectivity index (χ0) is 20.9. The quantitative estimate of drug-likeness (QED) is 0.673. The van der Waals surface area contributed by atoms with E-state index in [9.17, 15) is 9.59 Å². The smallest absolute Gasteiger partial charge is 0.254 e. The standard InChI is InChI=1S/C22H26BrN3O3S/c23-17-7-5-16(6-8-17)22(28)26-9-1-3-18(26)21(27)24-15-19(20-4-2-14-30-20)25-10-12-29-13-11-25/h2,4-8,14,18-19H,1,3,9-13,15H2,(H,24,27). The fraction of sp³-hybridized carbons (Fsp3) is 0.455. The number of benzene rings is 1. The van der Waals surface area contributed by atoms with Crippen molar-refractivity contribution in [1.82, 2.24) is 15.1 Å². The Morgan fingerprint density at radius 3 is 2.63 bits per heavy atom. The number of amides is 2. The lowest BCUT2D eigenvalue weighted by molar-refractivity contribution is -0.125. The number of thiophene rings is 1. The van der Waals surface area contributed by atoms with Gasteiger partial charge in [-0.3, -0.25) is 14.5 Å². The second-order valence-corrected chi connectivity index (χ2v) is 9.48. The number of nitrogens with one attached hydrogen (secondary N) is 1. The molecule has 30 heavy (non-hydrogen) atoms. The fourth-order valence-electron chi connectivity index (χ4n) is 4.14. The monoisotopic (exact) mass is 491 g/mol. The van der Waals surface area contributed by atoms with Crippen LogP contribution in [0.4, 0.5) is 0 Å². The first-order valence-corrected chi connectivity index (χ1v) is 12.0. The molecule has 1 N–H and O–H groups in total. The molecule has 160 valence electrons. The molecular formula is C22H26BrN3O3S. The molecule has 3 heterocycles. The molecule has 1 aromatic heterocycles. The first-order chi connectivity index (χ1) is 14.6. The normalized spacial score (nSPS) is 20.8. The fourth-order valence-corrected chi connectivity index (χ4v) is 5.26. The van der Waals surface area contributed by atoms with Gasteiger partial charge >= 0.3 is 0 Å². The molecule has 2 atom stereocenters. The number of likely N-dealkylation sites (tertiary alicyclic amines) is 1. The molecule has 2 amide bonds. The van der Waals surface area contributed by atoms with Gasteiger partial charge in [0, 0.05) is 41.1 Å². The highest BCUT2D eigenvalue weighted by atomic mass is 79.9. The first kappa shape index (κ1) is 21.5. The van der Waals surface area contributed by atoms with Gasteiger partial charge in [0.15, 0.2) is 0 Å². The van der Waals surface area contributed by atoms with Crippen molar-refractivity contribution in [2.45, 2.75) is 24.9 Å². The van der Waals surface area contributed by atoms with E-state index in [0.717, 1.165) is 24.0 Å². The Morgan fingerprint density at radius 2 is 1.93 bits per heavy atom. The molecule has 0 spiro atoms. The Bertz CT molecular complexity index is 853. The van der Waals surface area contributed by atoms with E-state index in [4.69, 9.17) is 4.74 Å². The minimum Gasteiger partial charge on any atom is -0.379 e. The molecule has 2 aliphatic heterocycles. The number of carbonyl (C=O) groups excluding carboxylic acids is 2. The van der Waals surface area contributed by atoms with Gasteiger partial charge in [-0.15, -0.1) is 11.3 Å². The summed E-state index contributed by atoms with van der Waals surface area (Å²) in [5.41, 5.74) is 0.614. The van der Waals surface area contributed by atoms with Crippen LogP contribution in [0.5, 0.6) is 0 Å². The van der Waals surface area contributed by atoms with Gasteiger partial charge in [0.2, 0.25) is 5.91 Å². The number of ether oxygens (including phenoxy) is 1. The third-order valence-corrected chi connectivity index (χ3v) is 7.24. The van der Waals surface area contributed by atoms with Gasteiger partial charge in [-0.05, 0) is 48.6 Å². The first-order valence-electron chi connectivity index (χ1n) is 10.3. The van der Waals surface area contributed by atoms with Gasteiger partial charge in [-0.25, -0.2) is 0 Å². The van der Waals surface area contributed by atoms with Gasteiger partial charge in [-0.2, -0.15) is 0 Å². The van der Waals surface area contributed by atoms with E-state index in [-0.39, 0.29) is 17.9 Å². The summed E-state index contributed by atoms with van der Waals surface area (Å²) in [5.74, 6) is -0.143. The van der Waals surface area contributed by atoms with Crippen LogP contribution < -0.4 is 5.32 Å². The summed E-state index contributed by atoms with van der Waals surface area (Å²) < 4.78 is 6.42. The molecular weight excluding hydrogens is 466 g/mol. The lowest BCUT2D eigenvalue weighted by Gasteiger charge is -2.34. The van der Waals surface area contributed by atoms with Crippen molar-refractivity contribution in [3.8, 4) is 0 Å². The number of hydrogen-bond donors (Lipinski definition) is 1. The average molecular weight is 492 g/mol. The van der Waals surface area contributed by atoms with Crippen LogP contribution in [0.15, 0.2) is 46.3 Å². The summed E-state index contributed by atoms with van der Waals surface area (Å²) >= 11 is 5.11. The topological polar surface area (TPSA) is 61.9 Å². The number of hydrogen-bond acceptors (Lipinski definition) is 5. The zero-order valence-corrected chi connectivity index (χ0v) is 19.2. The average Bonchev–Trinajstić information content (AvgIpc) is 3.47. The molecule has 4 rings (SSSR count). The van der Waals surface area contributed by atoms with Crippen molar-refractivity contribution in [1.29, 1.82) is 0 Å². The highest BCUT2D eigenvalue weighted by Crippen LogP contribution is 2.26. The molecule has 2 aromatic rings. The van der Waals surface area contributed by atoms with E-state index in [1.54, 1.807) is 28.4 Å². The van der Waals surface area contributed by atoms with E-state index >= 15 is 0 Å². The Morgan fingerprint density at radius 1 is 1.17 bits per heavy atom. The van der Waals surface area contributed by atoms with Crippen LogP contribution in [0.25, 0.3) is 0 Å². The van der Waals surface area contributed by atoms with Gasteiger partial charge < -0.3 is 15.0 Å². The Balaban J connectivity index is 1.41.